The van der Waals surface area contributed by atoms with E-state index >= 15 is 0 Å². The van der Waals surface area contributed by atoms with Gasteiger partial charge in [0.05, 0.1) is 11.0 Å². The lowest BCUT2D eigenvalue weighted by Gasteiger charge is -2.22. The quantitative estimate of drug-likeness (QED) is 0.623. The van der Waals surface area contributed by atoms with Crippen LogP contribution >= 0.6 is 0 Å². The number of aromatic nitrogens is 1. The Kier molecular flexibility index (Phi) is 4.51. The molecule has 1 atom stereocenters. The topological polar surface area (TPSA) is 103 Å². The van der Waals surface area contributed by atoms with Gasteiger partial charge in [-0.05, 0) is 31.7 Å². The average molecular weight is 266 g/mol. The van der Waals surface area contributed by atoms with E-state index < -0.39 is 4.92 Å². The zero-order valence-corrected chi connectivity index (χ0v) is 10.7. The summed E-state index contributed by atoms with van der Waals surface area (Å²) in [5.74, 6) is 0.489. The van der Waals surface area contributed by atoms with Gasteiger partial charge in [-0.3, -0.25) is 10.1 Å². The summed E-state index contributed by atoms with van der Waals surface area (Å²) in [6, 6.07) is 2.79. The summed E-state index contributed by atoms with van der Waals surface area (Å²) >= 11 is 0. The number of rotatable bonds is 5. The van der Waals surface area contributed by atoms with Crippen molar-refractivity contribution in [3.05, 3.63) is 22.2 Å². The van der Waals surface area contributed by atoms with E-state index in [0.29, 0.717) is 6.54 Å². The van der Waals surface area contributed by atoms with E-state index in [2.05, 4.69) is 10.3 Å². The van der Waals surface area contributed by atoms with Gasteiger partial charge >= 0.3 is 5.69 Å². The lowest BCUT2D eigenvalue weighted by Crippen LogP contribution is -2.22. The molecule has 0 radical (unpaired) electrons. The van der Waals surface area contributed by atoms with Gasteiger partial charge in [0.15, 0.2) is 0 Å². The van der Waals surface area contributed by atoms with Crippen LogP contribution in [0.3, 0.4) is 0 Å². The van der Waals surface area contributed by atoms with Crippen LogP contribution in [-0.4, -0.2) is 29.2 Å². The van der Waals surface area contributed by atoms with Crippen LogP contribution in [0.15, 0.2) is 12.1 Å². The number of nitrogen functional groups attached to an aromatic ring is 1. The highest BCUT2D eigenvalue weighted by molar-refractivity contribution is 5.59. The fraction of sp³-hybridized carbons (Fsp3) is 0.583. The minimum absolute atomic E-state index is 0.0567. The normalized spacial score (nSPS) is 19.1. The van der Waals surface area contributed by atoms with E-state index in [-0.39, 0.29) is 23.4 Å². The van der Waals surface area contributed by atoms with Crippen LogP contribution in [0.2, 0.25) is 0 Å². The molecule has 104 valence electrons. The van der Waals surface area contributed by atoms with Crippen molar-refractivity contribution in [1.82, 2.24) is 4.98 Å². The Balaban J connectivity index is 1.91. The highest BCUT2D eigenvalue weighted by Crippen LogP contribution is 2.23. The Labute approximate surface area is 111 Å². The van der Waals surface area contributed by atoms with Gasteiger partial charge in [0.2, 0.25) is 5.82 Å². The second kappa shape index (κ2) is 6.33. The first-order valence-corrected chi connectivity index (χ1v) is 6.43. The molecule has 1 aliphatic heterocycles. The zero-order chi connectivity index (χ0) is 13.7. The minimum Gasteiger partial charge on any atom is -0.384 e. The maximum Gasteiger partial charge on any atom is 0.311 e. The molecule has 0 amide bonds. The minimum atomic E-state index is -0.466. The van der Waals surface area contributed by atoms with Crippen LogP contribution in [0.4, 0.5) is 17.3 Å². The SMILES string of the molecule is Nc1ccc([N+](=O)[O-])c(NCCC2CCCCO2)n1. The lowest BCUT2D eigenvalue weighted by molar-refractivity contribution is -0.384. The molecule has 7 heteroatoms. The van der Waals surface area contributed by atoms with Gasteiger partial charge in [0, 0.05) is 19.2 Å². The molecule has 19 heavy (non-hydrogen) atoms. The van der Waals surface area contributed by atoms with Crippen LogP contribution in [0.1, 0.15) is 25.7 Å². The molecule has 1 saturated heterocycles. The molecule has 7 nitrogen and oxygen atoms in total. The van der Waals surface area contributed by atoms with Crippen molar-refractivity contribution < 1.29 is 9.66 Å². The number of nitrogens with one attached hydrogen (secondary N) is 1. The van der Waals surface area contributed by atoms with Gasteiger partial charge in [-0.1, -0.05) is 0 Å². The van der Waals surface area contributed by atoms with Gasteiger partial charge in [-0.2, -0.15) is 0 Å². The molecular weight excluding hydrogens is 248 g/mol. The van der Waals surface area contributed by atoms with Crippen molar-refractivity contribution in [2.45, 2.75) is 31.8 Å². The third-order valence-electron chi connectivity index (χ3n) is 3.12. The molecular formula is C12H18N4O3. The summed E-state index contributed by atoms with van der Waals surface area (Å²) in [6.45, 7) is 1.39. The van der Waals surface area contributed by atoms with Gasteiger partial charge in [0.1, 0.15) is 5.82 Å². The van der Waals surface area contributed by atoms with Gasteiger partial charge in [-0.15, -0.1) is 0 Å². The molecule has 1 aromatic rings. The number of nitrogens with two attached hydrogens (primary N) is 1. The van der Waals surface area contributed by atoms with Crippen molar-refractivity contribution in [1.29, 1.82) is 0 Å². The van der Waals surface area contributed by atoms with Crippen LogP contribution in [0, 0.1) is 10.1 Å². The Bertz CT molecular complexity index is 447. The molecule has 1 fully saturated rings. The van der Waals surface area contributed by atoms with E-state index in [0.717, 1.165) is 25.9 Å². The molecule has 0 aliphatic carbocycles. The number of anilines is 2. The molecule has 0 saturated carbocycles. The third-order valence-corrected chi connectivity index (χ3v) is 3.12. The monoisotopic (exact) mass is 266 g/mol. The van der Waals surface area contributed by atoms with E-state index in [1.165, 1.54) is 18.6 Å². The second-order valence-corrected chi connectivity index (χ2v) is 4.56. The molecule has 0 bridgehead atoms. The summed E-state index contributed by atoms with van der Waals surface area (Å²) in [5.41, 5.74) is 5.49. The van der Waals surface area contributed by atoms with Gasteiger partial charge < -0.3 is 15.8 Å². The van der Waals surface area contributed by atoms with Gasteiger partial charge in [0.25, 0.3) is 0 Å². The highest BCUT2D eigenvalue weighted by atomic mass is 16.6. The number of nitro groups is 1. The van der Waals surface area contributed by atoms with Crippen LogP contribution in [-0.2, 0) is 4.74 Å². The Morgan fingerprint density at radius 1 is 1.53 bits per heavy atom. The maximum atomic E-state index is 10.9. The van der Waals surface area contributed by atoms with E-state index in [4.69, 9.17) is 10.5 Å². The molecule has 2 rings (SSSR count). The summed E-state index contributed by atoms with van der Waals surface area (Å²) in [7, 11) is 0. The summed E-state index contributed by atoms with van der Waals surface area (Å²) in [6.07, 6.45) is 4.40. The summed E-state index contributed by atoms with van der Waals surface area (Å²) in [4.78, 5) is 14.4. The van der Waals surface area contributed by atoms with E-state index in [1.807, 2.05) is 0 Å². The second-order valence-electron chi connectivity index (χ2n) is 4.56. The number of pyridine rings is 1. The smallest absolute Gasteiger partial charge is 0.311 e. The first-order valence-electron chi connectivity index (χ1n) is 6.43. The third kappa shape index (κ3) is 3.78. The number of hydrogen-bond acceptors (Lipinski definition) is 6. The molecule has 0 aromatic carbocycles. The number of hydrogen-bond donors (Lipinski definition) is 2. The molecule has 1 aliphatic rings. The van der Waals surface area contributed by atoms with Crippen LogP contribution in [0.25, 0.3) is 0 Å². The standard InChI is InChI=1S/C12H18N4O3/c13-11-5-4-10(16(17)18)12(15-11)14-7-6-9-3-1-2-8-19-9/h4-5,9H,1-3,6-8H2,(H3,13,14,15). The van der Waals surface area contributed by atoms with Crippen molar-refractivity contribution in [2.75, 3.05) is 24.2 Å². The fourth-order valence-corrected chi connectivity index (χ4v) is 2.13. The number of nitrogens with zero attached hydrogens (tertiary/aromatic N) is 2. The van der Waals surface area contributed by atoms with Crippen molar-refractivity contribution >= 4 is 17.3 Å². The Morgan fingerprint density at radius 3 is 3.05 bits per heavy atom. The van der Waals surface area contributed by atoms with Gasteiger partial charge in [-0.25, -0.2) is 4.98 Å². The molecule has 3 N–H and O–H groups in total. The summed E-state index contributed by atoms with van der Waals surface area (Å²) < 4.78 is 5.60. The van der Waals surface area contributed by atoms with Crippen LogP contribution in [0.5, 0.6) is 0 Å². The largest absolute Gasteiger partial charge is 0.384 e. The Morgan fingerprint density at radius 2 is 2.37 bits per heavy atom. The fourth-order valence-electron chi connectivity index (χ4n) is 2.13. The van der Waals surface area contributed by atoms with Crippen molar-refractivity contribution in [3.8, 4) is 0 Å². The van der Waals surface area contributed by atoms with Crippen LogP contribution < -0.4 is 11.1 Å². The molecule has 1 aromatic heterocycles. The predicted octanol–water partition coefficient (Wildman–Crippen LogP) is 1.94. The summed E-state index contributed by atoms with van der Waals surface area (Å²) in [5, 5.41) is 13.8. The van der Waals surface area contributed by atoms with E-state index in [1.54, 1.807) is 0 Å². The predicted molar refractivity (Wildman–Crippen MR) is 72.0 cm³/mol. The highest BCUT2D eigenvalue weighted by Gasteiger charge is 2.17. The maximum absolute atomic E-state index is 10.9. The van der Waals surface area contributed by atoms with Crippen molar-refractivity contribution in [3.63, 3.8) is 0 Å². The first kappa shape index (κ1) is 13.5. The van der Waals surface area contributed by atoms with E-state index in [9.17, 15) is 10.1 Å². The number of ether oxygens (including phenoxy) is 1. The van der Waals surface area contributed by atoms with Crippen molar-refractivity contribution in [2.24, 2.45) is 0 Å². The zero-order valence-electron chi connectivity index (χ0n) is 10.7. The Hall–Kier alpha value is -1.89. The molecule has 2 heterocycles. The molecule has 0 spiro atoms. The lowest BCUT2D eigenvalue weighted by atomic mass is 10.1. The average Bonchev–Trinajstić information content (AvgIpc) is 2.39. The first-order chi connectivity index (χ1) is 9.16. The molecule has 1 unspecified atom stereocenters.